The van der Waals surface area contributed by atoms with Crippen molar-refractivity contribution in [1.29, 1.82) is 0 Å². The van der Waals surface area contributed by atoms with Crippen LogP contribution in [0.25, 0.3) is 0 Å². The third-order valence-corrected chi connectivity index (χ3v) is 1.82. The van der Waals surface area contributed by atoms with E-state index in [1.165, 1.54) is 0 Å². The molecule has 1 aliphatic carbocycles. The van der Waals surface area contributed by atoms with Crippen LogP contribution in [-0.2, 0) is 4.74 Å². The number of ether oxygens (including phenoxy) is 1. The number of hydrogen-bond acceptors (Lipinski definition) is 2. The molecule has 1 aliphatic rings. The fourth-order valence-electron chi connectivity index (χ4n) is 0.970. The molecule has 0 spiro atoms. The van der Waals surface area contributed by atoms with Crippen molar-refractivity contribution in [3.63, 3.8) is 0 Å². The molecule has 0 atom stereocenters. The minimum absolute atomic E-state index is 0.237. The van der Waals surface area contributed by atoms with E-state index >= 15 is 0 Å². The summed E-state index contributed by atoms with van der Waals surface area (Å²) in [5, 5.41) is 0. The summed E-state index contributed by atoms with van der Waals surface area (Å²) in [6.07, 6.45) is 3.04. The van der Waals surface area contributed by atoms with Crippen LogP contribution in [0.2, 0.25) is 0 Å². The third-order valence-electron chi connectivity index (χ3n) is 1.74. The molecule has 0 radical (unpaired) electrons. The molecule has 0 amide bonds. The van der Waals surface area contributed by atoms with Crippen molar-refractivity contribution in [3.05, 3.63) is 0 Å². The summed E-state index contributed by atoms with van der Waals surface area (Å²) in [5.74, 6) is 0. The molecule has 2 nitrogen and oxygen atoms in total. The quantitative estimate of drug-likeness (QED) is 0.534. The number of carbonyl (C=O) groups is 1. The Morgan fingerprint density at radius 1 is 1.67 bits per heavy atom. The van der Waals surface area contributed by atoms with Crippen LogP contribution in [0.15, 0.2) is 0 Å². The van der Waals surface area contributed by atoms with Gasteiger partial charge in [-0.15, -0.1) is 0 Å². The Bertz CT molecular complexity index is 129. The predicted octanol–water partition coefficient (Wildman–Crippen LogP) is 2.30. The summed E-state index contributed by atoms with van der Waals surface area (Å²) < 4.78 is 4.80. The van der Waals surface area contributed by atoms with Gasteiger partial charge in [0.15, 0.2) is 0 Å². The molecule has 1 saturated carbocycles. The molecule has 52 valence electrons. The SMILES string of the molecule is CC1(OC(=O)Cl)CCC1. The summed E-state index contributed by atoms with van der Waals surface area (Å²) in [4.78, 5) is 10.2. The van der Waals surface area contributed by atoms with Gasteiger partial charge in [0, 0.05) is 11.6 Å². The van der Waals surface area contributed by atoms with Crippen molar-refractivity contribution in [3.8, 4) is 0 Å². The maximum atomic E-state index is 10.2. The highest BCUT2D eigenvalue weighted by Crippen LogP contribution is 2.35. The second-order valence-electron chi connectivity index (χ2n) is 2.64. The lowest BCUT2D eigenvalue weighted by Crippen LogP contribution is -2.37. The van der Waals surface area contributed by atoms with Gasteiger partial charge in [0.25, 0.3) is 0 Å². The van der Waals surface area contributed by atoms with Crippen molar-refractivity contribution in [2.24, 2.45) is 0 Å². The van der Waals surface area contributed by atoms with Crippen LogP contribution in [0.4, 0.5) is 4.79 Å². The van der Waals surface area contributed by atoms with E-state index in [1.54, 1.807) is 0 Å². The fraction of sp³-hybridized carbons (Fsp3) is 0.833. The van der Waals surface area contributed by atoms with Gasteiger partial charge in [0.2, 0.25) is 0 Å². The first-order chi connectivity index (χ1) is 4.12. The molecule has 0 aromatic carbocycles. The van der Waals surface area contributed by atoms with E-state index in [1.807, 2.05) is 6.92 Å². The zero-order chi connectivity index (χ0) is 6.91. The molecule has 3 heteroatoms. The maximum absolute atomic E-state index is 10.2. The van der Waals surface area contributed by atoms with Gasteiger partial charge in [-0.25, -0.2) is 4.79 Å². The maximum Gasteiger partial charge on any atom is 0.404 e. The van der Waals surface area contributed by atoms with Crippen LogP contribution in [0.3, 0.4) is 0 Å². The highest BCUT2D eigenvalue weighted by molar-refractivity contribution is 6.61. The van der Waals surface area contributed by atoms with E-state index in [4.69, 9.17) is 16.3 Å². The van der Waals surface area contributed by atoms with Gasteiger partial charge in [0.1, 0.15) is 5.60 Å². The van der Waals surface area contributed by atoms with Crippen LogP contribution in [0.1, 0.15) is 26.2 Å². The van der Waals surface area contributed by atoms with Crippen LogP contribution >= 0.6 is 11.6 Å². The standard InChI is InChI=1S/C6H9ClO2/c1-6(3-2-4-6)9-5(7)8/h2-4H2,1H3. The molecule has 0 heterocycles. The molecular formula is C6H9ClO2. The number of rotatable bonds is 1. The first-order valence-corrected chi connectivity index (χ1v) is 3.39. The largest absolute Gasteiger partial charge is 0.447 e. The molecule has 0 unspecified atom stereocenters. The van der Waals surface area contributed by atoms with Gasteiger partial charge in [-0.1, -0.05) is 0 Å². The summed E-state index contributed by atoms with van der Waals surface area (Å²) in [7, 11) is 0. The highest BCUT2D eigenvalue weighted by atomic mass is 35.5. The van der Waals surface area contributed by atoms with Crippen molar-refractivity contribution >= 4 is 17.0 Å². The first-order valence-electron chi connectivity index (χ1n) is 3.01. The van der Waals surface area contributed by atoms with E-state index in [2.05, 4.69) is 0 Å². The molecule has 0 saturated heterocycles. The minimum atomic E-state index is -0.683. The van der Waals surface area contributed by atoms with E-state index < -0.39 is 5.43 Å². The lowest BCUT2D eigenvalue weighted by molar-refractivity contribution is -0.0200. The van der Waals surface area contributed by atoms with Crippen LogP contribution in [0.5, 0.6) is 0 Å². The topological polar surface area (TPSA) is 26.3 Å². The Kier molecular flexibility index (Phi) is 1.66. The summed E-state index contributed by atoms with van der Waals surface area (Å²) in [6, 6.07) is 0. The number of carbonyl (C=O) groups excluding carboxylic acids is 1. The Morgan fingerprint density at radius 3 is 2.33 bits per heavy atom. The average molecular weight is 149 g/mol. The zero-order valence-corrected chi connectivity index (χ0v) is 6.07. The van der Waals surface area contributed by atoms with E-state index in [0.717, 1.165) is 19.3 Å². The number of hydrogen-bond donors (Lipinski definition) is 0. The smallest absolute Gasteiger partial charge is 0.404 e. The Hall–Kier alpha value is -0.240. The van der Waals surface area contributed by atoms with Gasteiger partial charge in [-0.3, -0.25) is 0 Å². The van der Waals surface area contributed by atoms with Crippen molar-refractivity contribution in [2.45, 2.75) is 31.8 Å². The molecular weight excluding hydrogens is 140 g/mol. The summed E-state index contributed by atoms with van der Waals surface area (Å²) in [6.45, 7) is 1.90. The van der Waals surface area contributed by atoms with Crippen LogP contribution in [-0.4, -0.2) is 11.0 Å². The van der Waals surface area contributed by atoms with Crippen molar-refractivity contribution < 1.29 is 9.53 Å². The van der Waals surface area contributed by atoms with E-state index in [9.17, 15) is 4.79 Å². The Labute approximate surface area is 59.1 Å². The molecule has 0 aromatic rings. The van der Waals surface area contributed by atoms with Gasteiger partial charge < -0.3 is 4.74 Å². The monoisotopic (exact) mass is 148 g/mol. The van der Waals surface area contributed by atoms with Gasteiger partial charge in [-0.2, -0.15) is 0 Å². The second kappa shape index (κ2) is 2.18. The fourth-order valence-corrected chi connectivity index (χ4v) is 1.16. The molecule has 0 aromatic heterocycles. The lowest BCUT2D eigenvalue weighted by Gasteiger charge is -2.36. The molecule has 0 bridgehead atoms. The second-order valence-corrected chi connectivity index (χ2v) is 2.95. The van der Waals surface area contributed by atoms with Crippen molar-refractivity contribution in [1.82, 2.24) is 0 Å². The third kappa shape index (κ3) is 1.58. The predicted molar refractivity (Wildman–Crippen MR) is 34.6 cm³/mol. The average Bonchev–Trinajstić information content (AvgIpc) is 1.60. The highest BCUT2D eigenvalue weighted by Gasteiger charge is 2.35. The van der Waals surface area contributed by atoms with Crippen LogP contribution in [0, 0.1) is 0 Å². The lowest BCUT2D eigenvalue weighted by atomic mass is 9.82. The normalized spacial score (nSPS) is 22.4. The van der Waals surface area contributed by atoms with Crippen molar-refractivity contribution in [2.75, 3.05) is 0 Å². The van der Waals surface area contributed by atoms with Gasteiger partial charge in [-0.05, 0) is 26.2 Å². The van der Waals surface area contributed by atoms with Crippen LogP contribution < -0.4 is 0 Å². The molecule has 9 heavy (non-hydrogen) atoms. The molecule has 1 rings (SSSR count). The molecule has 0 aliphatic heterocycles. The van der Waals surface area contributed by atoms with E-state index in [0.29, 0.717) is 0 Å². The number of halogens is 1. The summed E-state index contributed by atoms with van der Waals surface area (Å²) in [5.41, 5.74) is -0.920. The summed E-state index contributed by atoms with van der Waals surface area (Å²) >= 11 is 5.01. The minimum Gasteiger partial charge on any atom is -0.447 e. The Balaban J connectivity index is 2.33. The zero-order valence-electron chi connectivity index (χ0n) is 5.32. The molecule has 0 N–H and O–H groups in total. The van der Waals surface area contributed by atoms with Gasteiger partial charge in [0.05, 0.1) is 0 Å². The first kappa shape index (κ1) is 6.87. The Morgan fingerprint density at radius 2 is 2.22 bits per heavy atom. The van der Waals surface area contributed by atoms with Gasteiger partial charge >= 0.3 is 5.43 Å². The van der Waals surface area contributed by atoms with E-state index in [-0.39, 0.29) is 5.60 Å². The molecule has 1 fully saturated rings.